The second kappa shape index (κ2) is 9.81. The van der Waals surface area contributed by atoms with E-state index in [2.05, 4.69) is 25.6 Å². The summed E-state index contributed by atoms with van der Waals surface area (Å²) in [6.07, 6.45) is 4.59. The number of aromatic amines is 1. The molecule has 8 nitrogen and oxygen atoms in total. The van der Waals surface area contributed by atoms with Gasteiger partial charge in [0.15, 0.2) is 5.82 Å². The first-order valence-electron chi connectivity index (χ1n) is 11.1. The third-order valence-electron chi connectivity index (χ3n) is 5.75. The molecule has 2 amide bonds. The zero-order valence-corrected chi connectivity index (χ0v) is 18.7. The van der Waals surface area contributed by atoms with E-state index in [9.17, 15) is 14.0 Å². The summed E-state index contributed by atoms with van der Waals surface area (Å²) in [6.45, 7) is 5.42. The van der Waals surface area contributed by atoms with Crippen LogP contribution in [0.1, 0.15) is 36.1 Å². The maximum absolute atomic E-state index is 14.8. The number of imidazole rings is 1. The second-order valence-electron chi connectivity index (χ2n) is 8.07. The molecular formula is C24H27FN6O2. The number of anilines is 2. The molecule has 3 heterocycles. The molecule has 1 aliphatic heterocycles. The van der Waals surface area contributed by atoms with Gasteiger partial charge in [0.25, 0.3) is 5.91 Å². The van der Waals surface area contributed by atoms with E-state index in [0.29, 0.717) is 49.5 Å². The third-order valence-corrected chi connectivity index (χ3v) is 5.75. The summed E-state index contributed by atoms with van der Waals surface area (Å²) in [4.78, 5) is 38.3. The van der Waals surface area contributed by atoms with Gasteiger partial charge in [-0.3, -0.25) is 14.6 Å². The van der Waals surface area contributed by atoms with Crippen molar-refractivity contribution in [2.45, 2.75) is 26.7 Å². The van der Waals surface area contributed by atoms with Gasteiger partial charge in [-0.1, -0.05) is 6.07 Å². The number of rotatable bonds is 6. The number of hydrogen-bond acceptors (Lipinski definition) is 5. The molecule has 0 aliphatic carbocycles. The highest BCUT2D eigenvalue weighted by Gasteiger charge is 2.27. The van der Waals surface area contributed by atoms with Gasteiger partial charge in [0.05, 0.1) is 17.1 Å². The SMILES string of the molecule is CCNC(=O)C1CCN(c2c(F)cccc2NC(=O)c2nc(-c3ccnc(C)c3)c[nH]2)CC1. The van der Waals surface area contributed by atoms with Crippen LogP contribution in [-0.2, 0) is 4.79 Å². The largest absolute Gasteiger partial charge is 0.367 e. The van der Waals surface area contributed by atoms with Crippen molar-refractivity contribution >= 4 is 23.2 Å². The van der Waals surface area contributed by atoms with Crippen molar-refractivity contribution < 1.29 is 14.0 Å². The van der Waals surface area contributed by atoms with Crippen molar-refractivity contribution in [2.24, 2.45) is 5.92 Å². The van der Waals surface area contributed by atoms with Gasteiger partial charge in [-0.05, 0) is 51.0 Å². The van der Waals surface area contributed by atoms with Crippen LogP contribution in [0.4, 0.5) is 15.8 Å². The Labute approximate surface area is 191 Å². The summed E-state index contributed by atoms with van der Waals surface area (Å²) < 4.78 is 14.8. The fourth-order valence-corrected chi connectivity index (χ4v) is 4.09. The summed E-state index contributed by atoms with van der Waals surface area (Å²) in [5.74, 6) is -0.793. The van der Waals surface area contributed by atoms with E-state index >= 15 is 0 Å². The highest BCUT2D eigenvalue weighted by molar-refractivity contribution is 6.04. The summed E-state index contributed by atoms with van der Waals surface area (Å²) in [5.41, 5.74) is 3.02. The van der Waals surface area contributed by atoms with E-state index in [-0.39, 0.29) is 17.6 Å². The van der Waals surface area contributed by atoms with E-state index in [1.54, 1.807) is 24.5 Å². The molecule has 0 atom stereocenters. The van der Waals surface area contributed by atoms with Crippen LogP contribution in [0, 0.1) is 18.7 Å². The van der Waals surface area contributed by atoms with Crippen LogP contribution in [0.25, 0.3) is 11.3 Å². The summed E-state index contributed by atoms with van der Waals surface area (Å²) in [5, 5.41) is 5.64. The van der Waals surface area contributed by atoms with Crippen LogP contribution in [0.2, 0.25) is 0 Å². The summed E-state index contributed by atoms with van der Waals surface area (Å²) in [7, 11) is 0. The lowest BCUT2D eigenvalue weighted by Gasteiger charge is -2.34. The van der Waals surface area contributed by atoms with Crippen molar-refractivity contribution in [1.29, 1.82) is 0 Å². The van der Waals surface area contributed by atoms with E-state index < -0.39 is 11.7 Å². The number of carbonyl (C=O) groups is 2. The van der Waals surface area contributed by atoms with Gasteiger partial charge in [-0.25, -0.2) is 9.37 Å². The molecule has 9 heteroatoms. The van der Waals surface area contributed by atoms with Crippen LogP contribution in [0.3, 0.4) is 0 Å². The molecule has 3 N–H and O–H groups in total. The maximum Gasteiger partial charge on any atom is 0.291 e. The average molecular weight is 451 g/mol. The highest BCUT2D eigenvalue weighted by atomic mass is 19.1. The Kier molecular flexibility index (Phi) is 6.67. The van der Waals surface area contributed by atoms with E-state index in [1.165, 1.54) is 6.07 Å². The fraction of sp³-hybridized carbons (Fsp3) is 0.333. The molecule has 4 rings (SSSR count). The van der Waals surface area contributed by atoms with E-state index in [0.717, 1.165) is 11.3 Å². The van der Waals surface area contributed by atoms with Gasteiger partial charge >= 0.3 is 0 Å². The lowest BCUT2D eigenvalue weighted by molar-refractivity contribution is -0.125. The molecule has 3 aromatic rings. The zero-order valence-electron chi connectivity index (χ0n) is 18.7. The van der Waals surface area contributed by atoms with Gasteiger partial charge in [0, 0.05) is 49.2 Å². The Bertz CT molecular complexity index is 1150. The molecule has 172 valence electrons. The Morgan fingerprint density at radius 3 is 2.76 bits per heavy atom. The van der Waals surface area contributed by atoms with Crippen LogP contribution in [0.5, 0.6) is 0 Å². The van der Waals surface area contributed by atoms with Gasteiger partial charge < -0.3 is 20.5 Å². The lowest BCUT2D eigenvalue weighted by atomic mass is 9.95. The first kappa shape index (κ1) is 22.4. The first-order chi connectivity index (χ1) is 16.0. The molecule has 1 fully saturated rings. The predicted octanol–water partition coefficient (Wildman–Crippen LogP) is 3.52. The van der Waals surface area contributed by atoms with Crippen molar-refractivity contribution in [3.05, 3.63) is 60.1 Å². The number of nitrogens with zero attached hydrogens (tertiary/aromatic N) is 3. The molecule has 1 aromatic carbocycles. The minimum atomic E-state index is -0.462. The predicted molar refractivity (Wildman–Crippen MR) is 125 cm³/mol. The molecule has 0 spiro atoms. The fourth-order valence-electron chi connectivity index (χ4n) is 4.09. The molecule has 2 aromatic heterocycles. The highest BCUT2D eigenvalue weighted by Crippen LogP contribution is 2.33. The number of piperidine rings is 1. The second-order valence-corrected chi connectivity index (χ2v) is 8.07. The quantitative estimate of drug-likeness (QED) is 0.533. The standard InChI is InChI=1S/C24H27FN6O2/c1-3-26-23(32)16-8-11-31(12-9-16)21-18(25)5-4-6-19(21)30-24(33)22-28-14-20(29-22)17-7-10-27-15(2)13-17/h4-7,10,13-14,16H,3,8-9,11-12H2,1-2H3,(H,26,32)(H,28,29)(H,30,33). The number of benzene rings is 1. The third kappa shape index (κ3) is 5.02. The Balaban J connectivity index is 1.49. The van der Waals surface area contributed by atoms with Crippen LogP contribution in [-0.4, -0.2) is 46.4 Å². The molecule has 0 unspecified atom stereocenters. The number of nitrogens with one attached hydrogen (secondary N) is 3. The molecule has 0 saturated carbocycles. The van der Waals surface area contributed by atoms with E-state index in [4.69, 9.17) is 0 Å². The van der Waals surface area contributed by atoms with Crippen molar-refractivity contribution in [2.75, 3.05) is 29.9 Å². The minimum absolute atomic E-state index is 0.0391. The van der Waals surface area contributed by atoms with Crippen LogP contribution in [0.15, 0.2) is 42.7 Å². The molecule has 1 aliphatic rings. The van der Waals surface area contributed by atoms with Gasteiger partial charge in [0.2, 0.25) is 5.91 Å². The van der Waals surface area contributed by atoms with Gasteiger partial charge in [0.1, 0.15) is 5.82 Å². The molecule has 1 saturated heterocycles. The maximum atomic E-state index is 14.8. The lowest BCUT2D eigenvalue weighted by Crippen LogP contribution is -2.41. The topological polar surface area (TPSA) is 103 Å². The number of amides is 2. The molecule has 33 heavy (non-hydrogen) atoms. The molecular weight excluding hydrogens is 423 g/mol. The Morgan fingerprint density at radius 1 is 1.24 bits per heavy atom. The van der Waals surface area contributed by atoms with E-state index in [1.807, 2.05) is 30.9 Å². The molecule has 0 bridgehead atoms. The van der Waals surface area contributed by atoms with Gasteiger partial charge in [-0.15, -0.1) is 0 Å². The minimum Gasteiger partial charge on any atom is -0.367 e. The number of aromatic nitrogens is 3. The summed E-state index contributed by atoms with van der Waals surface area (Å²) >= 11 is 0. The Hall–Kier alpha value is -3.75. The normalized spacial score (nSPS) is 14.2. The number of aryl methyl sites for hydroxylation is 1. The number of H-pyrrole nitrogens is 1. The molecule has 0 radical (unpaired) electrons. The van der Waals surface area contributed by atoms with Crippen LogP contribution >= 0.6 is 0 Å². The number of carbonyl (C=O) groups excluding carboxylic acids is 2. The zero-order chi connectivity index (χ0) is 23.4. The smallest absolute Gasteiger partial charge is 0.291 e. The van der Waals surface area contributed by atoms with Crippen molar-refractivity contribution in [1.82, 2.24) is 20.3 Å². The Morgan fingerprint density at radius 2 is 2.03 bits per heavy atom. The van der Waals surface area contributed by atoms with Crippen molar-refractivity contribution in [3.8, 4) is 11.3 Å². The average Bonchev–Trinajstić information content (AvgIpc) is 3.30. The van der Waals surface area contributed by atoms with Gasteiger partial charge in [-0.2, -0.15) is 0 Å². The van der Waals surface area contributed by atoms with Crippen molar-refractivity contribution in [3.63, 3.8) is 0 Å². The number of pyridine rings is 1. The number of para-hydroxylation sites is 1. The monoisotopic (exact) mass is 450 g/mol. The van der Waals surface area contributed by atoms with Crippen LogP contribution < -0.4 is 15.5 Å². The first-order valence-corrected chi connectivity index (χ1v) is 11.1. The number of hydrogen-bond donors (Lipinski definition) is 3. The summed E-state index contributed by atoms with van der Waals surface area (Å²) in [6, 6.07) is 8.30. The number of halogens is 1.